The number of furan rings is 2. The highest BCUT2D eigenvalue weighted by atomic mass is 35.5. The van der Waals surface area contributed by atoms with Gasteiger partial charge >= 0.3 is 0 Å². The summed E-state index contributed by atoms with van der Waals surface area (Å²) in [5.41, 5.74) is 0.904. The molecule has 7 nitrogen and oxygen atoms in total. The number of benzene rings is 2. The van der Waals surface area contributed by atoms with Crippen molar-refractivity contribution in [3.05, 3.63) is 107 Å². The monoisotopic (exact) mass is 470 g/mol. The van der Waals surface area contributed by atoms with Gasteiger partial charge in [0.05, 0.1) is 30.5 Å². The fourth-order valence-corrected chi connectivity index (χ4v) is 4.54. The van der Waals surface area contributed by atoms with Crippen LogP contribution in [0.25, 0.3) is 0 Å². The molecule has 164 valence electrons. The SMILES string of the molecule is O=C(Nc1ccc(S(=O)(=O)N(Cc2ccco2)Cc2ccco2)cc1)c1ccc(Cl)cc1. The van der Waals surface area contributed by atoms with E-state index in [1.807, 2.05) is 0 Å². The molecule has 0 fully saturated rings. The van der Waals surface area contributed by atoms with Gasteiger partial charge < -0.3 is 14.2 Å². The summed E-state index contributed by atoms with van der Waals surface area (Å²) in [6, 6.07) is 19.3. The van der Waals surface area contributed by atoms with Crippen LogP contribution in [-0.2, 0) is 23.1 Å². The lowest BCUT2D eigenvalue weighted by Gasteiger charge is -2.20. The Balaban J connectivity index is 1.53. The van der Waals surface area contributed by atoms with Crippen molar-refractivity contribution in [3.63, 3.8) is 0 Å². The van der Waals surface area contributed by atoms with Crippen molar-refractivity contribution >= 4 is 33.2 Å². The lowest BCUT2D eigenvalue weighted by molar-refractivity contribution is 0.102. The van der Waals surface area contributed by atoms with E-state index in [4.69, 9.17) is 20.4 Å². The number of amides is 1. The molecule has 0 bridgehead atoms. The van der Waals surface area contributed by atoms with Crippen LogP contribution < -0.4 is 5.32 Å². The van der Waals surface area contributed by atoms with Crippen LogP contribution in [0.4, 0.5) is 5.69 Å². The van der Waals surface area contributed by atoms with E-state index in [1.54, 1.807) is 60.7 Å². The second kappa shape index (κ2) is 9.44. The summed E-state index contributed by atoms with van der Waals surface area (Å²) in [7, 11) is -3.87. The Morgan fingerprint density at radius 2 is 1.41 bits per heavy atom. The topological polar surface area (TPSA) is 92.8 Å². The summed E-state index contributed by atoms with van der Waals surface area (Å²) in [5.74, 6) is 0.688. The minimum atomic E-state index is -3.87. The van der Waals surface area contributed by atoms with Gasteiger partial charge in [0.25, 0.3) is 5.91 Å². The van der Waals surface area contributed by atoms with E-state index < -0.39 is 10.0 Å². The van der Waals surface area contributed by atoms with Crippen molar-refractivity contribution in [2.45, 2.75) is 18.0 Å². The fourth-order valence-electron chi connectivity index (χ4n) is 3.04. The molecule has 2 aromatic heterocycles. The molecule has 1 amide bonds. The van der Waals surface area contributed by atoms with Crippen LogP contribution in [0, 0.1) is 0 Å². The highest BCUT2D eigenvalue weighted by Gasteiger charge is 2.26. The summed E-state index contributed by atoms with van der Waals surface area (Å²) in [4.78, 5) is 12.5. The number of halogens is 1. The van der Waals surface area contributed by atoms with Gasteiger partial charge in [0.1, 0.15) is 11.5 Å². The molecule has 1 N–H and O–H groups in total. The van der Waals surface area contributed by atoms with Crippen LogP contribution in [0.15, 0.2) is 99.1 Å². The molecule has 0 spiro atoms. The predicted octanol–water partition coefficient (Wildman–Crippen LogP) is 5.17. The van der Waals surface area contributed by atoms with Crippen LogP contribution in [-0.4, -0.2) is 18.6 Å². The predicted molar refractivity (Wildman–Crippen MR) is 120 cm³/mol. The molecular weight excluding hydrogens is 452 g/mol. The van der Waals surface area contributed by atoms with Crippen molar-refractivity contribution in [2.75, 3.05) is 5.32 Å². The summed E-state index contributed by atoms with van der Waals surface area (Å²) >= 11 is 5.85. The first-order valence-corrected chi connectivity index (χ1v) is 11.5. The smallest absolute Gasteiger partial charge is 0.255 e. The first-order chi connectivity index (χ1) is 15.4. The molecule has 32 heavy (non-hydrogen) atoms. The Morgan fingerprint density at radius 3 is 1.91 bits per heavy atom. The Morgan fingerprint density at radius 1 is 0.844 bits per heavy atom. The minimum Gasteiger partial charge on any atom is -0.468 e. The van der Waals surface area contributed by atoms with Crippen LogP contribution in [0.2, 0.25) is 5.02 Å². The van der Waals surface area contributed by atoms with Gasteiger partial charge in [0, 0.05) is 16.3 Å². The van der Waals surface area contributed by atoms with Gasteiger partial charge in [-0.25, -0.2) is 8.42 Å². The number of nitrogens with one attached hydrogen (secondary N) is 1. The number of carbonyl (C=O) groups excluding carboxylic acids is 1. The molecule has 4 rings (SSSR count). The van der Waals surface area contributed by atoms with E-state index in [9.17, 15) is 13.2 Å². The average molecular weight is 471 g/mol. The number of nitrogens with zero attached hydrogens (tertiary/aromatic N) is 1. The van der Waals surface area contributed by atoms with Crippen molar-refractivity contribution < 1.29 is 22.0 Å². The van der Waals surface area contributed by atoms with E-state index >= 15 is 0 Å². The van der Waals surface area contributed by atoms with Gasteiger partial charge in [-0.2, -0.15) is 4.31 Å². The van der Waals surface area contributed by atoms with Gasteiger partial charge in [0.2, 0.25) is 10.0 Å². The molecule has 0 atom stereocenters. The molecule has 9 heteroatoms. The standard InChI is InChI=1S/C23H19ClN2O5S/c24-18-7-5-17(6-8-18)23(27)25-19-9-11-22(12-10-19)32(28,29)26(15-20-3-1-13-30-20)16-21-4-2-14-31-21/h1-14H,15-16H2,(H,25,27). The maximum Gasteiger partial charge on any atom is 0.255 e. The number of hydrogen-bond acceptors (Lipinski definition) is 5. The number of sulfonamides is 1. The van der Waals surface area contributed by atoms with Crippen molar-refractivity contribution in [1.29, 1.82) is 0 Å². The Hall–Kier alpha value is -3.33. The highest BCUT2D eigenvalue weighted by molar-refractivity contribution is 7.89. The first kappa shape index (κ1) is 21.9. The van der Waals surface area contributed by atoms with Crippen molar-refractivity contribution in [3.8, 4) is 0 Å². The van der Waals surface area contributed by atoms with E-state index in [0.717, 1.165) is 0 Å². The van der Waals surface area contributed by atoms with Crippen molar-refractivity contribution in [1.82, 2.24) is 4.31 Å². The molecule has 0 aliphatic carbocycles. The Labute approximate surface area is 190 Å². The van der Waals surface area contributed by atoms with Crippen LogP contribution in [0.1, 0.15) is 21.9 Å². The molecule has 0 unspecified atom stereocenters. The summed E-state index contributed by atoms with van der Waals surface area (Å²) in [6.07, 6.45) is 2.98. The van der Waals surface area contributed by atoms with Gasteiger partial charge in [-0.3, -0.25) is 4.79 Å². The third kappa shape index (κ3) is 5.11. The Bertz CT molecular complexity index is 1230. The molecule has 4 aromatic rings. The number of hydrogen-bond donors (Lipinski definition) is 1. The third-order valence-corrected chi connectivity index (χ3v) is 6.74. The average Bonchev–Trinajstić information content (AvgIpc) is 3.48. The maximum atomic E-state index is 13.3. The zero-order chi connectivity index (χ0) is 22.6. The number of anilines is 1. The van der Waals surface area contributed by atoms with E-state index in [2.05, 4.69) is 5.32 Å². The fraction of sp³-hybridized carbons (Fsp3) is 0.0870. The summed E-state index contributed by atoms with van der Waals surface area (Å²) in [5, 5.41) is 3.27. The number of rotatable bonds is 8. The zero-order valence-electron chi connectivity index (χ0n) is 16.8. The van der Waals surface area contributed by atoms with Crippen molar-refractivity contribution in [2.24, 2.45) is 0 Å². The summed E-state index contributed by atoms with van der Waals surface area (Å²) < 4.78 is 38.6. The highest BCUT2D eigenvalue weighted by Crippen LogP contribution is 2.23. The minimum absolute atomic E-state index is 0.0467. The molecule has 0 saturated heterocycles. The van der Waals surface area contributed by atoms with Gasteiger partial charge in [0.15, 0.2) is 0 Å². The Kier molecular flexibility index (Phi) is 6.45. The van der Waals surface area contributed by atoms with E-state index in [0.29, 0.717) is 27.8 Å². The maximum absolute atomic E-state index is 13.3. The first-order valence-electron chi connectivity index (χ1n) is 9.64. The van der Waals surface area contributed by atoms with Gasteiger partial charge in [-0.05, 0) is 72.8 Å². The molecular formula is C23H19ClN2O5S. The third-order valence-electron chi connectivity index (χ3n) is 4.68. The van der Waals surface area contributed by atoms with Gasteiger partial charge in [-0.1, -0.05) is 11.6 Å². The molecule has 0 aliphatic heterocycles. The van der Waals surface area contributed by atoms with Gasteiger partial charge in [-0.15, -0.1) is 0 Å². The molecule has 0 saturated carbocycles. The second-order valence-electron chi connectivity index (χ2n) is 6.92. The molecule has 2 heterocycles. The second-order valence-corrected chi connectivity index (χ2v) is 9.29. The van der Waals surface area contributed by atoms with E-state index in [-0.39, 0.29) is 23.9 Å². The van der Waals surface area contributed by atoms with Crippen LogP contribution >= 0.6 is 11.6 Å². The largest absolute Gasteiger partial charge is 0.468 e. The lowest BCUT2D eigenvalue weighted by atomic mass is 10.2. The molecule has 0 aliphatic rings. The molecule has 2 aromatic carbocycles. The summed E-state index contributed by atoms with van der Waals surface area (Å²) in [6.45, 7) is 0.0934. The zero-order valence-corrected chi connectivity index (χ0v) is 18.3. The molecule has 0 radical (unpaired) electrons. The van der Waals surface area contributed by atoms with E-state index in [1.165, 1.54) is 29.0 Å². The normalized spacial score (nSPS) is 11.6. The number of carbonyl (C=O) groups is 1. The lowest BCUT2D eigenvalue weighted by Crippen LogP contribution is -2.30. The van der Waals surface area contributed by atoms with Crippen LogP contribution in [0.3, 0.4) is 0 Å². The quantitative estimate of drug-likeness (QED) is 0.383. The van der Waals surface area contributed by atoms with Crippen LogP contribution in [0.5, 0.6) is 0 Å².